The third-order valence-corrected chi connectivity index (χ3v) is 4.48. The van der Waals surface area contributed by atoms with E-state index in [9.17, 15) is 5.26 Å². The zero-order valence-corrected chi connectivity index (χ0v) is 11.3. The van der Waals surface area contributed by atoms with Gasteiger partial charge in [0.25, 0.3) is 0 Å². The quantitative estimate of drug-likeness (QED) is 0.892. The Balaban J connectivity index is 2.04. The Bertz CT molecular complexity index is 618. The van der Waals surface area contributed by atoms with E-state index in [4.69, 9.17) is 0 Å². The van der Waals surface area contributed by atoms with E-state index in [1.54, 1.807) is 0 Å². The predicted octanol–water partition coefficient (Wildman–Crippen LogP) is 4.01. The lowest BCUT2D eigenvalue weighted by atomic mass is 9.87. The summed E-state index contributed by atoms with van der Waals surface area (Å²) in [7, 11) is 0. The van der Waals surface area contributed by atoms with Crippen LogP contribution in [-0.4, -0.2) is 5.75 Å². The smallest absolute Gasteiger partial charge is 0.152 e. The summed E-state index contributed by atoms with van der Waals surface area (Å²) in [6, 6.07) is 20.6. The molecule has 0 fully saturated rings. The largest absolute Gasteiger partial charge is 0.364 e. The van der Waals surface area contributed by atoms with Crippen molar-refractivity contribution in [2.24, 2.45) is 0 Å². The van der Waals surface area contributed by atoms with Gasteiger partial charge < -0.3 is 5.32 Å². The van der Waals surface area contributed by atoms with Gasteiger partial charge in [0.1, 0.15) is 0 Å². The van der Waals surface area contributed by atoms with E-state index in [1.807, 2.05) is 54.2 Å². The molecule has 1 atom stereocenters. The van der Waals surface area contributed by atoms with E-state index in [-0.39, 0.29) is 0 Å². The van der Waals surface area contributed by atoms with E-state index < -0.39 is 5.54 Å². The van der Waals surface area contributed by atoms with Crippen LogP contribution in [0.25, 0.3) is 0 Å². The monoisotopic (exact) mass is 266 g/mol. The topological polar surface area (TPSA) is 35.8 Å². The van der Waals surface area contributed by atoms with Crippen molar-refractivity contribution >= 4 is 17.4 Å². The molecule has 1 aliphatic heterocycles. The standard InChI is InChI=1S/C16H14N2S/c17-12-16(18-13-6-2-1-3-7-13)10-11-19-15-9-5-4-8-14(15)16/h1-9,18H,10-11H2. The van der Waals surface area contributed by atoms with Crippen LogP contribution >= 0.6 is 11.8 Å². The zero-order chi connectivity index (χ0) is 13.1. The van der Waals surface area contributed by atoms with Gasteiger partial charge in [0.15, 0.2) is 5.54 Å². The fraction of sp³-hybridized carbons (Fsp3) is 0.188. The Labute approximate surface area is 117 Å². The van der Waals surface area contributed by atoms with Gasteiger partial charge in [0.2, 0.25) is 0 Å². The molecule has 2 nitrogen and oxygen atoms in total. The van der Waals surface area contributed by atoms with Crippen molar-refractivity contribution in [3.05, 3.63) is 60.2 Å². The van der Waals surface area contributed by atoms with Gasteiger partial charge in [0.05, 0.1) is 6.07 Å². The first kappa shape index (κ1) is 12.1. The first-order valence-electron chi connectivity index (χ1n) is 6.31. The Hall–Kier alpha value is -1.92. The number of fused-ring (bicyclic) bond motifs is 1. The number of anilines is 1. The number of nitrogens with zero attached hydrogens (tertiary/aromatic N) is 1. The molecule has 0 spiro atoms. The minimum Gasteiger partial charge on any atom is -0.364 e. The Morgan fingerprint density at radius 1 is 1.05 bits per heavy atom. The van der Waals surface area contributed by atoms with Gasteiger partial charge >= 0.3 is 0 Å². The highest BCUT2D eigenvalue weighted by Gasteiger charge is 2.37. The lowest BCUT2D eigenvalue weighted by Crippen LogP contribution is -2.37. The molecule has 1 unspecified atom stereocenters. The lowest BCUT2D eigenvalue weighted by Gasteiger charge is -2.34. The van der Waals surface area contributed by atoms with Crippen LogP contribution in [0.5, 0.6) is 0 Å². The number of rotatable bonds is 2. The van der Waals surface area contributed by atoms with Crippen LogP contribution in [0.3, 0.4) is 0 Å². The molecule has 3 heteroatoms. The van der Waals surface area contributed by atoms with Gasteiger partial charge in [-0.2, -0.15) is 5.26 Å². The highest BCUT2D eigenvalue weighted by Crippen LogP contribution is 2.41. The number of nitriles is 1. The molecule has 94 valence electrons. The molecule has 1 aliphatic rings. The second-order valence-electron chi connectivity index (χ2n) is 4.60. The second kappa shape index (κ2) is 4.99. The number of hydrogen-bond acceptors (Lipinski definition) is 3. The van der Waals surface area contributed by atoms with Crippen LogP contribution in [0.2, 0.25) is 0 Å². The summed E-state index contributed by atoms with van der Waals surface area (Å²) in [5, 5.41) is 13.2. The summed E-state index contributed by atoms with van der Waals surface area (Å²) in [6.45, 7) is 0. The normalized spacial score (nSPS) is 21.2. The maximum atomic E-state index is 9.73. The van der Waals surface area contributed by atoms with Crippen LogP contribution in [0.1, 0.15) is 12.0 Å². The average molecular weight is 266 g/mol. The van der Waals surface area contributed by atoms with Crippen LogP contribution in [-0.2, 0) is 5.54 Å². The van der Waals surface area contributed by atoms with Crippen LogP contribution in [0.4, 0.5) is 5.69 Å². The molecule has 0 radical (unpaired) electrons. The van der Waals surface area contributed by atoms with E-state index in [1.165, 1.54) is 4.90 Å². The molecular formula is C16H14N2S. The van der Waals surface area contributed by atoms with E-state index in [2.05, 4.69) is 23.5 Å². The van der Waals surface area contributed by atoms with Crippen molar-refractivity contribution < 1.29 is 0 Å². The Morgan fingerprint density at radius 3 is 2.58 bits per heavy atom. The summed E-state index contributed by atoms with van der Waals surface area (Å²) in [6.07, 6.45) is 0.820. The van der Waals surface area contributed by atoms with Gasteiger partial charge in [-0.15, -0.1) is 11.8 Å². The highest BCUT2D eigenvalue weighted by atomic mass is 32.2. The molecule has 0 aliphatic carbocycles. The SMILES string of the molecule is N#CC1(Nc2ccccc2)CCSc2ccccc21. The van der Waals surface area contributed by atoms with Gasteiger partial charge in [-0.25, -0.2) is 0 Å². The minimum absolute atomic E-state index is 0.608. The maximum absolute atomic E-state index is 9.73. The first-order valence-corrected chi connectivity index (χ1v) is 7.29. The molecule has 0 bridgehead atoms. The van der Waals surface area contributed by atoms with Gasteiger partial charge in [-0.05, 0) is 24.6 Å². The van der Waals surface area contributed by atoms with E-state index in [0.717, 1.165) is 23.4 Å². The number of thioether (sulfide) groups is 1. The minimum atomic E-state index is -0.608. The fourth-order valence-electron chi connectivity index (χ4n) is 2.44. The van der Waals surface area contributed by atoms with Crippen LogP contribution in [0, 0.1) is 11.3 Å². The van der Waals surface area contributed by atoms with Crippen molar-refractivity contribution in [3.8, 4) is 6.07 Å². The molecule has 2 aromatic rings. The number of benzene rings is 2. The molecule has 0 saturated carbocycles. The van der Waals surface area contributed by atoms with E-state index in [0.29, 0.717) is 0 Å². The third-order valence-electron chi connectivity index (χ3n) is 3.40. The van der Waals surface area contributed by atoms with Gasteiger partial charge in [-0.3, -0.25) is 0 Å². The molecule has 0 aromatic heterocycles. The summed E-state index contributed by atoms with van der Waals surface area (Å²) < 4.78 is 0. The van der Waals surface area contributed by atoms with Crippen molar-refractivity contribution in [1.29, 1.82) is 5.26 Å². The molecular weight excluding hydrogens is 252 g/mol. The van der Waals surface area contributed by atoms with Crippen LogP contribution in [0.15, 0.2) is 59.5 Å². The first-order chi connectivity index (χ1) is 9.34. The van der Waals surface area contributed by atoms with Crippen molar-refractivity contribution in [3.63, 3.8) is 0 Å². The maximum Gasteiger partial charge on any atom is 0.152 e. The van der Waals surface area contributed by atoms with Crippen molar-refractivity contribution in [2.45, 2.75) is 16.9 Å². The third kappa shape index (κ3) is 2.20. The molecule has 0 saturated heterocycles. The van der Waals surface area contributed by atoms with E-state index >= 15 is 0 Å². The lowest BCUT2D eigenvalue weighted by molar-refractivity contribution is 0.589. The number of hydrogen-bond donors (Lipinski definition) is 1. The molecule has 0 amide bonds. The average Bonchev–Trinajstić information content (AvgIpc) is 2.49. The predicted molar refractivity (Wildman–Crippen MR) is 79.1 cm³/mol. The number of para-hydroxylation sites is 1. The van der Waals surface area contributed by atoms with Crippen LogP contribution < -0.4 is 5.32 Å². The summed E-state index contributed by atoms with van der Waals surface area (Å²) >= 11 is 1.83. The zero-order valence-electron chi connectivity index (χ0n) is 10.5. The number of nitrogens with one attached hydrogen (secondary N) is 1. The Kier molecular flexibility index (Phi) is 3.18. The van der Waals surface area contributed by atoms with Gasteiger partial charge in [0, 0.05) is 21.9 Å². The molecule has 3 rings (SSSR count). The summed E-state index contributed by atoms with van der Waals surface area (Å²) in [5.41, 5.74) is 1.48. The fourth-order valence-corrected chi connectivity index (χ4v) is 3.64. The van der Waals surface area contributed by atoms with Crippen molar-refractivity contribution in [1.82, 2.24) is 0 Å². The second-order valence-corrected chi connectivity index (χ2v) is 5.74. The Morgan fingerprint density at radius 2 is 1.79 bits per heavy atom. The van der Waals surface area contributed by atoms with Gasteiger partial charge in [-0.1, -0.05) is 36.4 Å². The summed E-state index contributed by atoms with van der Waals surface area (Å²) in [4.78, 5) is 1.21. The molecule has 1 heterocycles. The molecule has 2 aromatic carbocycles. The van der Waals surface area contributed by atoms with Crippen molar-refractivity contribution in [2.75, 3.05) is 11.1 Å². The molecule has 1 N–H and O–H groups in total. The summed E-state index contributed by atoms with van der Waals surface area (Å²) in [5.74, 6) is 0.963. The highest BCUT2D eigenvalue weighted by molar-refractivity contribution is 7.99. The molecule has 19 heavy (non-hydrogen) atoms.